The van der Waals surface area contributed by atoms with Gasteiger partial charge in [0.1, 0.15) is 5.69 Å². The largest absolute Gasteiger partial charge is 0.314 e. The summed E-state index contributed by atoms with van der Waals surface area (Å²) < 4.78 is 0.900. The summed E-state index contributed by atoms with van der Waals surface area (Å²) >= 11 is 3.44. The van der Waals surface area contributed by atoms with Crippen molar-refractivity contribution in [2.45, 2.75) is 6.54 Å². The van der Waals surface area contributed by atoms with Crippen LogP contribution in [0.5, 0.6) is 0 Å². The minimum absolute atomic E-state index is 0.639. The van der Waals surface area contributed by atoms with Crippen LogP contribution in [-0.2, 0) is 6.54 Å². The summed E-state index contributed by atoms with van der Waals surface area (Å²) in [5.74, 6) is 0.639. The fourth-order valence-corrected chi connectivity index (χ4v) is 1.77. The molecule has 82 valence electrons. The number of rotatable bonds is 3. The predicted molar refractivity (Wildman–Crippen MR) is 65.7 cm³/mol. The lowest BCUT2D eigenvalue weighted by molar-refractivity contribution is 0.787. The number of aromatic nitrogens is 3. The Labute approximate surface area is 102 Å². The molecule has 0 radical (unpaired) electrons. The molecule has 2 aromatic heterocycles. The second-order valence-corrected chi connectivity index (χ2v) is 4.09. The number of nitrogens with zero attached hydrogens (tertiary/aromatic N) is 3. The first-order valence-corrected chi connectivity index (χ1v) is 5.68. The van der Waals surface area contributed by atoms with E-state index in [1.54, 1.807) is 12.4 Å². The van der Waals surface area contributed by atoms with Gasteiger partial charge in [-0.2, -0.15) is 0 Å². The van der Waals surface area contributed by atoms with Crippen LogP contribution in [0.4, 0.5) is 0 Å². The van der Waals surface area contributed by atoms with Crippen molar-refractivity contribution < 1.29 is 0 Å². The molecule has 0 atom stereocenters. The fraction of sp³-hybridized carbons (Fsp3) is 0.182. The van der Waals surface area contributed by atoms with Crippen LogP contribution in [0.2, 0.25) is 0 Å². The van der Waals surface area contributed by atoms with Gasteiger partial charge >= 0.3 is 0 Å². The molecule has 0 spiro atoms. The minimum Gasteiger partial charge on any atom is -0.314 e. The van der Waals surface area contributed by atoms with Crippen molar-refractivity contribution in [2.75, 3.05) is 7.05 Å². The molecule has 2 aromatic rings. The lowest BCUT2D eigenvalue weighted by atomic mass is 10.3. The molecule has 4 nitrogen and oxygen atoms in total. The molecule has 0 saturated heterocycles. The van der Waals surface area contributed by atoms with Gasteiger partial charge in [-0.3, -0.25) is 4.98 Å². The number of pyridine rings is 1. The lowest BCUT2D eigenvalue weighted by Crippen LogP contribution is -2.08. The van der Waals surface area contributed by atoms with Crippen LogP contribution in [0.15, 0.2) is 35.1 Å². The summed E-state index contributed by atoms with van der Waals surface area (Å²) in [7, 11) is 1.89. The lowest BCUT2D eigenvalue weighted by Gasteiger charge is -2.03. The average Bonchev–Trinajstić information content (AvgIpc) is 2.30. The Kier molecular flexibility index (Phi) is 3.58. The van der Waals surface area contributed by atoms with E-state index >= 15 is 0 Å². The molecule has 1 N–H and O–H groups in total. The zero-order chi connectivity index (χ0) is 11.4. The van der Waals surface area contributed by atoms with Gasteiger partial charge in [0.05, 0.1) is 5.69 Å². The van der Waals surface area contributed by atoms with E-state index in [1.165, 1.54) is 0 Å². The van der Waals surface area contributed by atoms with Crippen molar-refractivity contribution in [1.82, 2.24) is 20.3 Å². The number of hydrogen-bond acceptors (Lipinski definition) is 4. The second kappa shape index (κ2) is 5.14. The quantitative estimate of drug-likeness (QED) is 0.933. The maximum Gasteiger partial charge on any atom is 0.179 e. The summed E-state index contributed by atoms with van der Waals surface area (Å²) in [6.07, 6.45) is 3.48. The molecule has 0 bridgehead atoms. The zero-order valence-corrected chi connectivity index (χ0v) is 10.4. The smallest absolute Gasteiger partial charge is 0.179 e. The Morgan fingerprint density at radius 3 is 2.88 bits per heavy atom. The van der Waals surface area contributed by atoms with E-state index in [1.807, 2.05) is 25.2 Å². The Balaban J connectivity index is 2.40. The molecule has 16 heavy (non-hydrogen) atoms. The van der Waals surface area contributed by atoms with Crippen LogP contribution in [0, 0.1) is 0 Å². The number of hydrogen-bond donors (Lipinski definition) is 1. The zero-order valence-electron chi connectivity index (χ0n) is 8.81. The highest BCUT2D eigenvalue weighted by Gasteiger charge is 2.07. The van der Waals surface area contributed by atoms with Gasteiger partial charge in [0.15, 0.2) is 5.82 Å². The predicted octanol–water partition coefficient (Wildman–Crippen LogP) is 2.02. The highest BCUT2D eigenvalue weighted by molar-refractivity contribution is 9.10. The van der Waals surface area contributed by atoms with Gasteiger partial charge in [-0.25, -0.2) is 9.97 Å². The third-order valence-electron chi connectivity index (χ3n) is 2.04. The van der Waals surface area contributed by atoms with Crippen LogP contribution in [0.1, 0.15) is 5.69 Å². The summed E-state index contributed by atoms with van der Waals surface area (Å²) in [4.78, 5) is 12.9. The van der Waals surface area contributed by atoms with E-state index in [-0.39, 0.29) is 0 Å². The standard InChI is InChI=1S/C11H11BrN4/c1-13-7-8-4-6-15-11(16-8)10-9(12)3-2-5-14-10/h2-6,13H,7H2,1H3. The van der Waals surface area contributed by atoms with E-state index in [2.05, 4.69) is 36.2 Å². The van der Waals surface area contributed by atoms with Crippen molar-refractivity contribution in [3.63, 3.8) is 0 Å². The molecule has 2 heterocycles. The number of halogens is 1. The topological polar surface area (TPSA) is 50.7 Å². The highest BCUT2D eigenvalue weighted by atomic mass is 79.9. The second-order valence-electron chi connectivity index (χ2n) is 3.24. The van der Waals surface area contributed by atoms with Gasteiger partial charge in [-0.1, -0.05) is 0 Å². The van der Waals surface area contributed by atoms with Crippen molar-refractivity contribution in [3.05, 3.63) is 40.8 Å². The first-order chi connectivity index (χ1) is 7.81. The van der Waals surface area contributed by atoms with Crippen molar-refractivity contribution >= 4 is 15.9 Å². The normalized spacial score (nSPS) is 10.4. The van der Waals surface area contributed by atoms with Crippen molar-refractivity contribution in [3.8, 4) is 11.5 Å². The molecular formula is C11H11BrN4. The molecule has 2 rings (SSSR count). The van der Waals surface area contributed by atoms with Crippen LogP contribution in [0.3, 0.4) is 0 Å². The van der Waals surface area contributed by atoms with Gasteiger partial charge in [-0.15, -0.1) is 0 Å². The van der Waals surface area contributed by atoms with Crippen molar-refractivity contribution in [1.29, 1.82) is 0 Å². The SMILES string of the molecule is CNCc1ccnc(-c2ncccc2Br)n1. The Morgan fingerprint density at radius 2 is 2.12 bits per heavy atom. The molecule has 0 aliphatic heterocycles. The van der Waals surface area contributed by atoms with Crippen molar-refractivity contribution in [2.24, 2.45) is 0 Å². The summed E-state index contributed by atoms with van der Waals surface area (Å²) in [6.45, 7) is 0.722. The van der Waals surface area contributed by atoms with Gasteiger partial charge in [-0.05, 0) is 41.2 Å². The molecule has 0 aromatic carbocycles. The first kappa shape index (κ1) is 11.2. The van der Waals surface area contributed by atoms with E-state index in [0.29, 0.717) is 5.82 Å². The van der Waals surface area contributed by atoms with Gasteiger partial charge in [0.25, 0.3) is 0 Å². The van der Waals surface area contributed by atoms with Crippen LogP contribution < -0.4 is 5.32 Å². The van der Waals surface area contributed by atoms with Gasteiger partial charge in [0, 0.05) is 23.4 Å². The minimum atomic E-state index is 0.639. The molecule has 0 unspecified atom stereocenters. The van der Waals surface area contributed by atoms with Crippen LogP contribution >= 0.6 is 15.9 Å². The molecule has 0 saturated carbocycles. The molecule has 0 aliphatic carbocycles. The fourth-order valence-electron chi connectivity index (χ4n) is 1.34. The third-order valence-corrected chi connectivity index (χ3v) is 2.68. The molecule has 0 aliphatic rings. The van der Waals surface area contributed by atoms with Crippen LogP contribution in [0.25, 0.3) is 11.5 Å². The monoisotopic (exact) mass is 278 g/mol. The summed E-state index contributed by atoms with van der Waals surface area (Å²) in [6, 6.07) is 5.68. The van der Waals surface area contributed by atoms with E-state index < -0.39 is 0 Å². The van der Waals surface area contributed by atoms with E-state index in [0.717, 1.165) is 22.4 Å². The van der Waals surface area contributed by atoms with Crippen LogP contribution in [-0.4, -0.2) is 22.0 Å². The molecular weight excluding hydrogens is 268 g/mol. The van der Waals surface area contributed by atoms with Gasteiger partial charge < -0.3 is 5.32 Å². The summed E-state index contributed by atoms with van der Waals surface area (Å²) in [5, 5.41) is 3.05. The Hall–Kier alpha value is -1.33. The third kappa shape index (κ3) is 2.43. The summed E-state index contributed by atoms with van der Waals surface area (Å²) in [5.41, 5.74) is 1.71. The highest BCUT2D eigenvalue weighted by Crippen LogP contribution is 2.22. The van der Waals surface area contributed by atoms with Gasteiger partial charge in [0.2, 0.25) is 0 Å². The molecule has 0 amide bonds. The molecule has 5 heteroatoms. The number of nitrogens with one attached hydrogen (secondary N) is 1. The molecule has 0 fully saturated rings. The Morgan fingerprint density at radius 1 is 1.25 bits per heavy atom. The maximum atomic E-state index is 4.43. The Bertz CT molecular complexity index is 487. The van der Waals surface area contributed by atoms with E-state index in [4.69, 9.17) is 0 Å². The average molecular weight is 279 g/mol. The maximum absolute atomic E-state index is 4.43. The van der Waals surface area contributed by atoms with E-state index in [9.17, 15) is 0 Å². The first-order valence-electron chi connectivity index (χ1n) is 4.88.